The molecule has 0 heterocycles. The van der Waals surface area contributed by atoms with Crippen LogP contribution in [0.2, 0.25) is 0 Å². The summed E-state index contributed by atoms with van der Waals surface area (Å²) in [4.78, 5) is 32.4. The van der Waals surface area contributed by atoms with Gasteiger partial charge in [-0.3, -0.25) is 4.57 Å². The van der Waals surface area contributed by atoms with Gasteiger partial charge in [0.15, 0.2) is 11.7 Å². The Hall–Kier alpha value is -1.39. The van der Waals surface area contributed by atoms with Crippen LogP contribution in [0.1, 0.15) is 27.7 Å². The highest BCUT2D eigenvalue weighted by molar-refractivity contribution is 7.59. The third-order valence-electron chi connectivity index (χ3n) is 2.29. The van der Waals surface area contributed by atoms with Crippen molar-refractivity contribution in [3.63, 3.8) is 0 Å². The molecule has 0 amide bonds. The Morgan fingerprint density at radius 1 is 1.00 bits per heavy atom. The molecule has 19 heavy (non-hydrogen) atoms. The second-order valence-electron chi connectivity index (χ2n) is 4.24. The molecule has 2 atom stereocenters. The predicted molar refractivity (Wildman–Crippen MR) is 70.6 cm³/mol. The maximum Gasteiger partial charge on any atom is 0.333 e. The molecule has 6 nitrogen and oxygen atoms in total. The Morgan fingerprint density at radius 2 is 1.26 bits per heavy atom. The number of ether oxygens (including phenoxy) is 2. The fourth-order valence-electron chi connectivity index (χ4n) is 0.958. The van der Waals surface area contributed by atoms with E-state index in [0.717, 1.165) is 0 Å². The summed E-state index contributed by atoms with van der Waals surface area (Å²) < 4.78 is 21.6. The molecule has 0 radical (unpaired) electrons. The first-order chi connectivity index (χ1) is 8.50. The van der Waals surface area contributed by atoms with Gasteiger partial charge in [0.2, 0.25) is 0 Å². The molecule has 0 aliphatic heterocycles. The molecule has 0 rings (SSSR count). The number of esters is 2. The average molecular weight is 290 g/mol. The Bertz CT molecular complexity index is 415. The van der Waals surface area contributed by atoms with Crippen molar-refractivity contribution >= 4 is 19.3 Å². The first-order valence-corrected chi connectivity index (χ1v) is 7.35. The van der Waals surface area contributed by atoms with Crippen LogP contribution in [-0.4, -0.2) is 28.5 Å². The lowest BCUT2D eigenvalue weighted by Gasteiger charge is -2.24. The minimum Gasteiger partial charge on any atom is -0.449 e. The van der Waals surface area contributed by atoms with Gasteiger partial charge in [0.05, 0.1) is 0 Å². The van der Waals surface area contributed by atoms with Gasteiger partial charge >= 0.3 is 11.9 Å². The van der Waals surface area contributed by atoms with Crippen molar-refractivity contribution in [2.75, 3.05) is 0 Å². The molecular formula is C12H19O6P. The molecular weight excluding hydrogens is 271 g/mol. The lowest BCUT2D eigenvalue weighted by atomic mass is 10.4. The molecule has 0 fully saturated rings. The van der Waals surface area contributed by atoms with E-state index >= 15 is 0 Å². The van der Waals surface area contributed by atoms with Crippen molar-refractivity contribution in [3.05, 3.63) is 24.3 Å². The van der Waals surface area contributed by atoms with Gasteiger partial charge in [-0.05, 0) is 27.7 Å². The van der Waals surface area contributed by atoms with E-state index in [4.69, 9.17) is 9.47 Å². The Kier molecular flexibility index (Phi) is 6.19. The predicted octanol–water partition coefficient (Wildman–Crippen LogP) is 2.19. The van der Waals surface area contributed by atoms with Crippen molar-refractivity contribution in [1.82, 2.24) is 0 Å². The zero-order chi connectivity index (χ0) is 15.4. The van der Waals surface area contributed by atoms with Crippen molar-refractivity contribution < 1.29 is 28.5 Å². The largest absolute Gasteiger partial charge is 0.449 e. The molecule has 0 saturated heterocycles. The topological polar surface area (TPSA) is 89.9 Å². The standard InChI is InChI=1S/C12H19O6P/c1-7(2)11(13)17-9(5)19(15,16)10(6)18-12(14)8(3)4/h9-10H,1,3H2,2,4-6H3,(H,15,16). The molecule has 2 unspecified atom stereocenters. The van der Waals surface area contributed by atoms with E-state index in [-0.39, 0.29) is 11.1 Å². The smallest absolute Gasteiger partial charge is 0.333 e. The summed E-state index contributed by atoms with van der Waals surface area (Å²) in [5, 5.41) is 0. The van der Waals surface area contributed by atoms with E-state index in [2.05, 4.69) is 13.2 Å². The van der Waals surface area contributed by atoms with E-state index in [1.807, 2.05) is 0 Å². The van der Waals surface area contributed by atoms with Gasteiger partial charge in [0.1, 0.15) is 0 Å². The van der Waals surface area contributed by atoms with E-state index in [1.165, 1.54) is 27.7 Å². The summed E-state index contributed by atoms with van der Waals surface area (Å²) in [6.45, 7) is 12.1. The average Bonchev–Trinajstić information content (AvgIpc) is 2.27. The molecule has 0 aromatic carbocycles. The third kappa shape index (κ3) is 5.01. The normalized spacial score (nSPS) is 16.7. The van der Waals surface area contributed by atoms with Crippen molar-refractivity contribution in [2.24, 2.45) is 0 Å². The zero-order valence-electron chi connectivity index (χ0n) is 11.5. The lowest BCUT2D eigenvalue weighted by molar-refractivity contribution is -0.141. The van der Waals surface area contributed by atoms with Crippen molar-refractivity contribution in [2.45, 2.75) is 39.4 Å². The monoisotopic (exact) mass is 290 g/mol. The van der Waals surface area contributed by atoms with Crippen molar-refractivity contribution in [1.29, 1.82) is 0 Å². The van der Waals surface area contributed by atoms with Crippen LogP contribution in [0.25, 0.3) is 0 Å². The minimum atomic E-state index is -4.03. The zero-order valence-corrected chi connectivity index (χ0v) is 12.4. The first kappa shape index (κ1) is 17.6. The quantitative estimate of drug-likeness (QED) is 0.458. The molecule has 0 aromatic rings. The van der Waals surface area contributed by atoms with Gasteiger partial charge in [-0.1, -0.05) is 13.2 Å². The molecule has 0 aromatic heterocycles. The fourth-order valence-corrected chi connectivity index (χ4v) is 2.04. The van der Waals surface area contributed by atoms with E-state index in [9.17, 15) is 19.0 Å². The Labute approximate surface area is 112 Å². The van der Waals surface area contributed by atoms with Gasteiger partial charge in [-0.2, -0.15) is 0 Å². The van der Waals surface area contributed by atoms with Crippen molar-refractivity contribution in [3.8, 4) is 0 Å². The molecule has 108 valence electrons. The molecule has 0 bridgehead atoms. The summed E-state index contributed by atoms with van der Waals surface area (Å²) >= 11 is 0. The second kappa shape index (κ2) is 6.68. The summed E-state index contributed by atoms with van der Waals surface area (Å²) in [5.74, 6) is -4.16. The number of carbonyl (C=O) groups is 2. The Balaban J connectivity index is 4.81. The lowest BCUT2D eigenvalue weighted by Crippen LogP contribution is -2.24. The van der Waals surface area contributed by atoms with Gasteiger partial charge in [-0.15, -0.1) is 0 Å². The van der Waals surface area contributed by atoms with Gasteiger partial charge in [0.25, 0.3) is 7.37 Å². The number of rotatable bonds is 6. The highest BCUT2D eigenvalue weighted by Gasteiger charge is 2.39. The van der Waals surface area contributed by atoms with Crippen LogP contribution in [0, 0.1) is 0 Å². The van der Waals surface area contributed by atoms with E-state index < -0.39 is 31.0 Å². The molecule has 0 spiro atoms. The number of hydrogen-bond acceptors (Lipinski definition) is 5. The van der Waals surface area contributed by atoms with Gasteiger partial charge in [0, 0.05) is 11.1 Å². The summed E-state index contributed by atoms with van der Waals surface area (Å²) in [6, 6.07) is 0. The summed E-state index contributed by atoms with van der Waals surface area (Å²) in [7, 11) is -4.03. The molecule has 7 heteroatoms. The Morgan fingerprint density at radius 3 is 1.47 bits per heavy atom. The maximum absolute atomic E-state index is 12.1. The van der Waals surface area contributed by atoms with E-state index in [0.29, 0.717) is 0 Å². The van der Waals surface area contributed by atoms with Crippen LogP contribution in [0.3, 0.4) is 0 Å². The minimum absolute atomic E-state index is 0.110. The van der Waals surface area contributed by atoms with E-state index in [1.54, 1.807) is 0 Å². The molecule has 1 N–H and O–H groups in total. The van der Waals surface area contributed by atoms with Crippen LogP contribution in [0.15, 0.2) is 24.3 Å². The number of carbonyl (C=O) groups excluding carboxylic acids is 2. The fraction of sp³-hybridized carbons (Fsp3) is 0.500. The van der Waals surface area contributed by atoms with Gasteiger partial charge in [-0.25, -0.2) is 9.59 Å². The highest BCUT2D eigenvalue weighted by atomic mass is 31.2. The first-order valence-electron chi connectivity index (χ1n) is 5.55. The highest BCUT2D eigenvalue weighted by Crippen LogP contribution is 2.52. The molecule has 0 aliphatic rings. The number of hydrogen-bond donors (Lipinski definition) is 1. The van der Waals surface area contributed by atoms with Crippen LogP contribution < -0.4 is 0 Å². The third-order valence-corrected chi connectivity index (χ3v) is 4.59. The maximum atomic E-state index is 12.1. The van der Waals surface area contributed by atoms with Crippen LogP contribution >= 0.6 is 7.37 Å². The summed E-state index contributed by atoms with van der Waals surface area (Å²) in [5.41, 5.74) is 0.219. The SMILES string of the molecule is C=C(C)C(=O)OC(C)P(=O)(O)C(C)OC(=O)C(=C)C. The second-order valence-corrected chi connectivity index (χ2v) is 7.04. The molecule has 0 aliphatic carbocycles. The van der Waals surface area contributed by atoms with Crippen LogP contribution in [-0.2, 0) is 23.6 Å². The van der Waals surface area contributed by atoms with Crippen LogP contribution in [0.5, 0.6) is 0 Å². The summed E-state index contributed by atoms with van der Waals surface area (Å²) in [6.07, 6.45) is 0. The van der Waals surface area contributed by atoms with Gasteiger partial charge < -0.3 is 14.4 Å². The molecule has 0 saturated carbocycles. The van der Waals surface area contributed by atoms with Crippen LogP contribution in [0.4, 0.5) is 0 Å².